The third-order valence-corrected chi connectivity index (χ3v) is 7.63. The number of rotatable bonds is 8. The quantitative estimate of drug-likeness (QED) is 0.306. The van der Waals surface area contributed by atoms with E-state index in [1.165, 1.54) is 16.2 Å². The van der Waals surface area contributed by atoms with E-state index in [-0.39, 0.29) is 5.97 Å². The van der Waals surface area contributed by atoms with Crippen LogP contribution in [0, 0.1) is 11.3 Å². The number of fused-ring (bicyclic) bond motifs is 1. The molecule has 0 spiro atoms. The van der Waals surface area contributed by atoms with Gasteiger partial charge in [-0.15, -0.1) is 22.7 Å². The average molecular weight is 496 g/mol. The van der Waals surface area contributed by atoms with Gasteiger partial charge in [-0.2, -0.15) is 5.26 Å². The Labute approximate surface area is 206 Å². The molecule has 3 aromatic rings. The minimum Gasteiger partial charge on any atom is -0.493 e. The van der Waals surface area contributed by atoms with Crippen LogP contribution in [0.4, 0.5) is 5.00 Å². The van der Waals surface area contributed by atoms with E-state index in [9.17, 15) is 10.1 Å². The fourth-order valence-corrected chi connectivity index (χ4v) is 5.93. The van der Waals surface area contributed by atoms with E-state index >= 15 is 0 Å². The highest BCUT2D eigenvalue weighted by atomic mass is 32.1. The number of methoxy groups -OCH3 is 2. The fourth-order valence-electron chi connectivity index (χ4n) is 3.89. The number of nitriles is 1. The predicted molar refractivity (Wildman–Crippen MR) is 135 cm³/mol. The summed E-state index contributed by atoms with van der Waals surface area (Å²) in [6.07, 6.45) is 5.64. The number of ether oxygens (including phenoxy) is 3. The molecule has 0 bridgehead atoms. The van der Waals surface area contributed by atoms with E-state index in [4.69, 9.17) is 14.2 Å². The number of thiophene rings is 1. The third-order valence-electron chi connectivity index (χ3n) is 5.53. The smallest absolute Gasteiger partial charge is 0.341 e. The highest BCUT2D eigenvalue weighted by Crippen LogP contribution is 2.39. The first-order valence-electron chi connectivity index (χ1n) is 11.0. The van der Waals surface area contributed by atoms with Gasteiger partial charge in [-0.1, -0.05) is 0 Å². The number of thiazole rings is 1. The number of aryl methyl sites for hydroxylation is 1. The molecule has 0 fully saturated rings. The zero-order valence-electron chi connectivity index (χ0n) is 19.3. The Morgan fingerprint density at radius 1 is 1.24 bits per heavy atom. The second-order valence-corrected chi connectivity index (χ2v) is 9.52. The third kappa shape index (κ3) is 4.79. The summed E-state index contributed by atoms with van der Waals surface area (Å²) in [6, 6.07) is 7.80. The number of carbonyl (C=O) groups excluding carboxylic acids is 1. The molecule has 4 rings (SSSR count). The molecule has 0 saturated carbocycles. The van der Waals surface area contributed by atoms with Gasteiger partial charge in [0.25, 0.3) is 0 Å². The molecule has 0 saturated heterocycles. The molecule has 34 heavy (non-hydrogen) atoms. The molecule has 9 heteroatoms. The minimum atomic E-state index is -0.318. The molecule has 1 aliphatic carbocycles. The molecule has 1 aromatic carbocycles. The van der Waals surface area contributed by atoms with Gasteiger partial charge >= 0.3 is 5.97 Å². The molecular weight excluding hydrogens is 470 g/mol. The van der Waals surface area contributed by atoms with Gasteiger partial charge in [-0.25, -0.2) is 9.78 Å². The Bertz CT molecular complexity index is 1270. The van der Waals surface area contributed by atoms with Crippen molar-refractivity contribution in [3.05, 3.63) is 50.8 Å². The Hall–Kier alpha value is -3.35. The Morgan fingerprint density at radius 2 is 2.03 bits per heavy atom. The summed E-state index contributed by atoms with van der Waals surface area (Å²) in [5, 5.41) is 16.2. The Kier molecular flexibility index (Phi) is 7.50. The lowest BCUT2D eigenvalue weighted by molar-refractivity contribution is 0.0526. The van der Waals surface area contributed by atoms with Crippen molar-refractivity contribution in [1.29, 1.82) is 5.26 Å². The van der Waals surface area contributed by atoms with Gasteiger partial charge in [-0.05, 0) is 56.4 Å². The van der Waals surface area contributed by atoms with Crippen LogP contribution >= 0.6 is 22.7 Å². The van der Waals surface area contributed by atoms with Crippen molar-refractivity contribution in [1.82, 2.24) is 4.98 Å². The number of anilines is 1. The lowest BCUT2D eigenvalue weighted by Crippen LogP contribution is -2.10. The number of nitrogens with zero attached hydrogens (tertiary/aromatic N) is 2. The number of allylic oxidation sites excluding steroid dienone is 1. The molecule has 1 aliphatic rings. The maximum absolute atomic E-state index is 12.7. The molecule has 0 radical (unpaired) electrons. The highest BCUT2D eigenvalue weighted by Gasteiger charge is 2.26. The number of hydrogen-bond donors (Lipinski definition) is 1. The highest BCUT2D eigenvalue weighted by molar-refractivity contribution is 7.16. The second-order valence-electron chi connectivity index (χ2n) is 7.56. The van der Waals surface area contributed by atoms with E-state index in [0.29, 0.717) is 34.3 Å². The summed E-state index contributed by atoms with van der Waals surface area (Å²) >= 11 is 2.94. The summed E-state index contributed by atoms with van der Waals surface area (Å²) in [5.41, 5.74) is 3.66. The first kappa shape index (κ1) is 23.8. The molecule has 7 nitrogen and oxygen atoms in total. The van der Waals surface area contributed by atoms with E-state index < -0.39 is 0 Å². The first-order valence-corrected chi connectivity index (χ1v) is 12.7. The van der Waals surface area contributed by atoms with Gasteiger partial charge in [0.1, 0.15) is 21.7 Å². The topological polar surface area (TPSA) is 93.5 Å². The molecular formula is C25H25N3O4S2. The van der Waals surface area contributed by atoms with E-state index in [1.54, 1.807) is 38.7 Å². The van der Waals surface area contributed by atoms with E-state index in [0.717, 1.165) is 47.5 Å². The van der Waals surface area contributed by atoms with Crippen molar-refractivity contribution in [3.8, 4) is 28.8 Å². The number of aromatic nitrogens is 1. The molecule has 1 N–H and O–H groups in total. The predicted octanol–water partition coefficient (Wildman–Crippen LogP) is 5.92. The molecule has 176 valence electrons. The van der Waals surface area contributed by atoms with Gasteiger partial charge in [0.2, 0.25) is 0 Å². The number of carbonyl (C=O) groups is 1. The summed E-state index contributed by atoms with van der Waals surface area (Å²) in [5.74, 6) is 0.932. The molecule has 2 aromatic heterocycles. The Morgan fingerprint density at radius 3 is 2.76 bits per heavy atom. The van der Waals surface area contributed by atoms with Crippen LogP contribution < -0.4 is 14.8 Å². The van der Waals surface area contributed by atoms with Crippen LogP contribution in [0.1, 0.15) is 45.6 Å². The summed E-state index contributed by atoms with van der Waals surface area (Å²) < 4.78 is 16.0. The van der Waals surface area contributed by atoms with Gasteiger partial charge in [0, 0.05) is 22.0 Å². The van der Waals surface area contributed by atoms with Crippen molar-refractivity contribution in [3.63, 3.8) is 0 Å². The van der Waals surface area contributed by atoms with Crippen molar-refractivity contribution in [2.45, 2.75) is 32.6 Å². The second kappa shape index (κ2) is 10.7. The zero-order chi connectivity index (χ0) is 24.1. The maximum atomic E-state index is 12.7. The fraction of sp³-hybridized carbons (Fsp3) is 0.320. The first-order chi connectivity index (χ1) is 16.6. The lowest BCUT2D eigenvalue weighted by Gasteiger charge is -2.12. The van der Waals surface area contributed by atoms with Gasteiger partial charge in [0.15, 0.2) is 11.5 Å². The van der Waals surface area contributed by atoms with Gasteiger partial charge in [-0.3, -0.25) is 0 Å². The number of hydrogen-bond acceptors (Lipinski definition) is 9. The SMILES string of the molecule is CCOC(=O)c1c(N/C=C(/C#N)c2nc(-c3ccc(OC)c(OC)c3)cs2)sc2c1CCCC2. The largest absolute Gasteiger partial charge is 0.493 e. The number of benzene rings is 1. The summed E-state index contributed by atoms with van der Waals surface area (Å²) in [7, 11) is 3.18. The van der Waals surface area contributed by atoms with Crippen LogP contribution in [-0.4, -0.2) is 31.8 Å². The van der Waals surface area contributed by atoms with E-state index in [1.807, 2.05) is 23.6 Å². The number of esters is 1. The summed E-state index contributed by atoms with van der Waals surface area (Å²) in [6.45, 7) is 2.12. The molecule has 0 atom stereocenters. The molecule has 0 aliphatic heterocycles. The maximum Gasteiger partial charge on any atom is 0.341 e. The Balaban J connectivity index is 1.61. The standard InChI is InChI=1S/C25H25N3O4S2/c1-4-32-25(29)22-17-7-5-6-8-21(17)34-24(22)27-13-16(12-26)23-28-18(14-33-23)15-9-10-19(30-2)20(11-15)31-3/h9-11,13-14,27H,4-8H2,1-3H3/b16-13-. The van der Waals surface area contributed by atoms with Crippen molar-refractivity contribution in [2.75, 3.05) is 26.1 Å². The van der Waals surface area contributed by atoms with Crippen LogP contribution in [0.2, 0.25) is 0 Å². The normalized spacial score (nSPS) is 13.1. The monoisotopic (exact) mass is 495 g/mol. The van der Waals surface area contributed by atoms with Crippen molar-refractivity contribution < 1.29 is 19.0 Å². The zero-order valence-corrected chi connectivity index (χ0v) is 20.9. The minimum absolute atomic E-state index is 0.318. The summed E-state index contributed by atoms with van der Waals surface area (Å²) in [4.78, 5) is 18.5. The van der Waals surface area contributed by atoms with Crippen LogP contribution in [0.5, 0.6) is 11.5 Å². The number of nitrogens with one attached hydrogen (secondary N) is 1. The van der Waals surface area contributed by atoms with Crippen molar-refractivity contribution >= 4 is 39.2 Å². The van der Waals surface area contributed by atoms with Crippen LogP contribution in [0.15, 0.2) is 29.8 Å². The van der Waals surface area contributed by atoms with E-state index in [2.05, 4.69) is 16.4 Å². The van der Waals surface area contributed by atoms with Crippen LogP contribution in [-0.2, 0) is 17.6 Å². The van der Waals surface area contributed by atoms with Crippen molar-refractivity contribution in [2.24, 2.45) is 0 Å². The van der Waals surface area contributed by atoms with Crippen LogP contribution in [0.3, 0.4) is 0 Å². The lowest BCUT2D eigenvalue weighted by atomic mass is 9.95. The molecule has 2 heterocycles. The molecule has 0 unspecified atom stereocenters. The van der Waals surface area contributed by atoms with Gasteiger partial charge in [0.05, 0.1) is 32.1 Å². The molecule has 0 amide bonds. The average Bonchev–Trinajstić information content (AvgIpc) is 3.49. The van der Waals surface area contributed by atoms with Crippen LogP contribution in [0.25, 0.3) is 16.8 Å². The van der Waals surface area contributed by atoms with Gasteiger partial charge < -0.3 is 19.5 Å².